The number of likely N-dealkylation sites (tertiary alicyclic amines) is 2. The molecule has 12 nitrogen and oxygen atoms in total. The lowest BCUT2D eigenvalue weighted by Gasteiger charge is -2.24. The van der Waals surface area contributed by atoms with Crippen LogP contribution in [0.3, 0.4) is 0 Å². The molecule has 15 heteroatoms. The van der Waals surface area contributed by atoms with E-state index in [0.29, 0.717) is 57.6 Å². The summed E-state index contributed by atoms with van der Waals surface area (Å²) in [6, 6.07) is -1.06. The molecule has 2 unspecified atom stereocenters. The topological polar surface area (TPSA) is 185 Å². The molecule has 0 spiro atoms. The van der Waals surface area contributed by atoms with Gasteiger partial charge in [0, 0.05) is 50.9 Å². The van der Waals surface area contributed by atoms with E-state index in [1.807, 2.05) is 20.1 Å². The standard InChI is InChI=1S/C12H21N3O3S.C11H18BrN3O3.2C10H20.CH4S.2CH4/c1-3-9(12(13)18)15-6-8(4-11(15)17)5-14-10(16)7-19-2;1-2-8(11(13)18)15-6-7(3-10(15)17)5-14-9(16)4-12;2*1-2-4-6-8-10-9-7-5-3-1;1-2;;/h8-9H,3-7H2,1-2H3,(H2,13,18)(H,14,16);7-8H,2-6H2,1H3,(H2,13,18)(H,14,16);2*1-10H2;2H,1H3;2*1H4/t8?,9-;7?,8-;;;;;/m00...../s1. The van der Waals surface area contributed by atoms with Crippen LogP contribution in [0.5, 0.6) is 0 Å². The van der Waals surface area contributed by atoms with Crippen molar-refractivity contribution in [3.05, 3.63) is 0 Å². The number of nitrogens with one attached hydrogen (secondary N) is 2. The number of thiol groups is 1. The van der Waals surface area contributed by atoms with Crippen LogP contribution in [0.15, 0.2) is 0 Å². The second kappa shape index (κ2) is 42.0. The summed E-state index contributed by atoms with van der Waals surface area (Å²) in [6.07, 6.45) is 35.3. The fourth-order valence-corrected chi connectivity index (χ4v) is 8.49. The zero-order valence-electron chi connectivity index (χ0n) is 37.3. The Balaban J connectivity index is -0.000000742. The molecule has 4 rings (SSSR count). The molecule has 0 aromatic heterocycles. The van der Waals surface area contributed by atoms with Gasteiger partial charge in [-0.2, -0.15) is 24.4 Å². The van der Waals surface area contributed by atoms with Crippen molar-refractivity contribution >= 4 is 75.8 Å². The maximum Gasteiger partial charge on any atom is 0.240 e. The highest BCUT2D eigenvalue weighted by molar-refractivity contribution is 9.09. The van der Waals surface area contributed by atoms with Gasteiger partial charge in [0.25, 0.3) is 0 Å². The summed E-state index contributed by atoms with van der Waals surface area (Å²) in [4.78, 5) is 71.7. The molecule has 4 aliphatic rings. The van der Waals surface area contributed by atoms with Crippen LogP contribution in [-0.2, 0) is 28.8 Å². The first kappa shape index (κ1) is 63.3. The smallest absolute Gasteiger partial charge is 0.240 e. The number of hydrogen-bond acceptors (Lipinski definition) is 8. The first-order chi connectivity index (χ1) is 28.5. The van der Waals surface area contributed by atoms with E-state index in [1.54, 1.807) is 6.26 Å². The molecule has 2 saturated carbocycles. The third-order valence-electron chi connectivity index (χ3n) is 11.2. The van der Waals surface area contributed by atoms with Crippen molar-refractivity contribution in [2.45, 2.75) is 195 Å². The van der Waals surface area contributed by atoms with Gasteiger partial charge in [-0.25, -0.2) is 0 Å². The van der Waals surface area contributed by atoms with Crippen LogP contribution in [0.4, 0.5) is 0 Å². The third kappa shape index (κ3) is 30.7. The van der Waals surface area contributed by atoms with Crippen molar-refractivity contribution in [1.29, 1.82) is 0 Å². The summed E-state index contributed by atoms with van der Waals surface area (Å²) in [5.74, 6) is -0.681. The molecular formula is C46H91BrN6O6S2. The van der Waals surface area contributed by atoms with Gasteiger partial charge in [0.1, 0.15) is 12.1 Å². The molecule has 6 amide bonds. The number of amides is 6. The van der Waals surface area contributed by atoms with Gasteiger partial charge in [0.2, 0.25) is 35.4 Å². The van der Waals surface area contributed by atoms with Crippen molar-refractivity contribution in [2.75, 3.05) is 49.8 Å². The third-order valence-corrected chi connectivity index (χ3v) is 12.3. The molecule has 4 atom stereocenters. The van der Waals surface area contributed by atoms with Crippen molar-refractivity contribution in [3.8, 4) is 0 Å². The van der Waals surface area contributed by atoms with Gasteiger partial charge in [-0.15, -0.1) is 0 Å². The molecule has 6 N–H and O–H groups in total. The molecule has 2 aliphatic carbocycles. The first-order valence-electron chi connectivity index (χ1n) is 22.7. The number of nitrogens with two attached hydrogens (primary N) is 2. The summed E-state index contributed by atoms with van der Waals surface area (Å²) in [7, 11) is 0. The lowest BCUT2D eigenvalue weighted by molar-refractivity contribution is -0.136. The largest absolute Gasteiger partial charge is 0.368 e. The zero-order valence-corrected chi connectivity index (χ0v) is 40.6. The van der Waals surface area contributed by atoms with Crippen LogP contribution in [0.25, 0.3) is 0 Å². The quantitative estimate of drug-likeness (QED) is 0.0902. The van der Waals surface area contributed by atoms with Crippen molar-refractivity contribution in [3.63, 3.8) is 0 Å². The van der Waals surface area contributed by atoms with E-state index in [4.69, 9.17) is 11.5 Å². The molecule has 0 radical (unpaired) electrons. The maximum absolute atomic E-state index is 11.9. The van der Waals surface area contributed by atoms with Crippen molar-refractivity contribution < 1.29 is 28.8 Å². The average molecular weight is 968 g/mol. The van der Waals surface area contributed by atoms with E-state index < -0.39 is 23.9 Å². The highest BCUT2D eigenvalue weighted by Crippen LogP contribution is 2.22. The van der Waals surface area contributed by atoms with Gasteiger partial charge in [0.15, 0.2) is 0 Å². The number of hydrogen-bond donors (Lipinski definition) is 5. The Kier molecular flexibility index (Phi) is 43.6. The monoisotopic (exact) mass is 967 g/mol. The van der Waals surface area contributed by atoms with Crippen LogP contribution in [0.2, 0.25) is 0 Å². The van der Waals surface area contributed by atoms with Crippen molar-refractivity contribution in [1.82, 2.24) is 20.4 Å². The van der Waals surface area contributed by atoms with Gasteiger partial charge in [-0.05, 0) is 25.4 Å². The number of primary amides is 2. The van der Waals surface area contributed by atoms with Crippen LogP contribution < -0.4 is 22.1 Å². The average Bonchev–Trinajstić information content (AvgIpc) is 3.79. The first-order valence-corrected chi connectivity index (χ1v) is 26.1. The van der Waals surface area contributed by atoms with Gasteiger partial charge < -0.3 is 31.9 Å². The van der Waals surface area contributed by atoms with E-state index >= 15 is 0 Å². The molecule has 4 fully saturated rings. The normalized spacial score (nSPS) is 20.5. The summed E-state index contributed by atoms with van der Waals surface area (Å²) < 4.78 is 0. The fourth-order valence-electron chi connectivity index (χ4n) is 7.92. The van der Waals surface area contributed by atoms with Crippen LogP contribution in [-0.4, -0.2) is 107 Å². The summed E-state index contributed by atoms with van der Waals surface area (Å²) in [6.45, 7) is 5.53. The minimum Gasteiger partial charge on any atom is -0.368 e. The van der Waals surface area contributed by atoms with Gasteiger partial charge in [-0.3, -0.25) is 28.8 Å². The SMILES string of the molecule is C.C.C1CCCCCCCCC1.C1CCCCCCCCC1.CC[C@@H](C(N)=O)N1CC(CNC(=O)CBr)CC1=O.CC[C@@H](C(N)=O)N1CC(CNC(=O)CSC)CC1=O.CS. The van der Waals surface area contributed by atoms with Crippen LogP contribution in [0.1, 0.15) is 183 Å². The Hall–Kier alpha value is -2.00. The van der Waals surface area contributed by atoms with Crippen molar-refractivity contribution in [2.24, 2.45) is 23.3 Å². The molecule has 2 heterocycles. The van der Waals surface area contributed by atoms with E-state index in [2.05, 4.69) is 39.2 Å². The number of rotatable bonds is 13. The summed E-state index contributed by atoms with van der Waals surface area (Å²) >= 11 is 8.03. The maximum atomic E-state index is 11.9. The number of carbonyl (C=O) groups excluding carboxylic acids is 6. The Morgan fingerprint density at radius 2 is 0.869 bits per heavy atom. The number of alkyl halides is 1. The van der Waals surface area contributed by atoms with Gasteiger partial charge in [0.05, 0.1) is 11.1 Å². The lowest BCUT2D eigenvalue weighted by atomic mass is 10.0. The number of carbonyl (C=O) groups is 6. The second-order valence-corrected chi connectivity index (χ2v) is 17.6. The number of nitrogens with zero attached hydrogens (tertiary/aromatic N) is 2. The predicted molar refractivity (Wildman–Crippen MR) is 265 cm³/mol. The molecule has 61 heavy (non-hydrogen) atoms. The molecule has 2 aliphatic heterocycles. The minimum absolute atomic E-state index is 0. The molecular weight excluding hydrogens is 877 g/mol. The second-order valence-electron chi connectivity index (χ2n) is 16.1. The van der Waals surface area contributed by atoms with E-state index in [0.717, 1.165) is 0 Å². The molecule has 0 aromatic rings. The Morgan fingerprint density at radius 3 is 1.08 bits per heavy atom. The Labute approximate surface area is 391 Å². The molecule has 0 aromatic carbocycles. The van der Waals surface area contributed by atoms with E-state index in [1.165, 1.54) is 150 Å². The number of thioether (sulfide) groups is 1. The summed E-state index contributed by atoms with van der Waals surface area (Å²) in [5.41, 5.74) is 10.6. The molecule has 0 bridgehead atoms. The zero-order chi connectivity index (χ0) is 44.3. The fraction of sp³-hybridized carbons (Fsp3) is 0.870. The van der Waals surface area contributed by atoms with Crippen LogP contribution >= 0.6 is 40.3 Å². The lowest BCUT2D eigenvalue weighted by Crippen LogP contribution is -2.45. The summed E-state index contributed by atoms with van der Waals surface area (Å²) in [5, 5.41) is 5.76. The molecule has 360 valence electrons. The highest BCUT2D eigenvalue weighted by atomic mass is 79.9. The van der Waals surface area contributed by atoms with Crippen LogP contribution in [0, 0.1) is 11.8 Å². The van der Waals surface area contributed by atoms with Gasteiger partial charge in [-0.1, -0.05) is 173 Å². The van der Waals surface area contributed by atoms with E-state index in [-0.39, 0.29) is 55.6 Å². The Morgan fingerprint density at radius 1 is 0.607 bits per heavy atom. The van der Waals surface area contributed by atoms with E-state index in [9.17, 15) is 28.8 Å². The highest BCUT2D eigenvalue weighted by Gasteiger charge is 2.37. The number of halogens is 1. The van der Waals surface area contributed by atoms with Gasteiger partial charge >= 0.3 is 0 Å². The predicted octanol–water partition coefficient (Wildman–Crippen LogP) is 8.81. The Bertz CT molecular complexity index is 1090. The minimum atomic E-state index is -0.533. The molecule has 2 saturated heterocycles.